The summed E-state index contributed by atoms with van der Waals surface area (Å²) < 4.78 is 12.0. The molecule has 0 saturated heterocycles. The topological polar surface area (TPSA) is 30.5 Å². The molecule has 1 fully saturated rings. The quantitative estimate of drug-likeness (QED) is 0.825. The molecule has 1 aromatic carbocycles. The highest BCUT2D eigenvalue weighted by molar-refractivity contribution is 5.35. The Bertz CT molecular complexity index is 421. The lowest BCUT2D eigenvalue weighted by atomic mass is 9.84. The van der Waals surface area contributed by atoms with Gasteiger partial charge in [0.1, 0.15) is 5.75 Å². The van der Waals surface area contributed by atoms with Crippen molar-refractivity contribution in [1.29, 1.82) is 0 Å². The molecule has 0 bridgehead atoms. The van der Waals surface area contributed by atoms with E-state index in [2.05, 4.69) is 24.4 Å². The van der Waals surface area contributed by atoms with Crippen LogP contribution >= 0.6 is 0 Å². The summed E-state index contributed by atoms with van der Waals surface area (Å²) in [5.41, 5.74) is 1.15. The minimum atomic E-state index is 0.0586. The van der Waals surface area contributed by atoms with Crippen molar-refractivity contribution >= 4 is 0 Å². The van der Waals surface area contributed by atoms with Crippen molar-refractivity contribution < 1.29 is 9.47 Å². The van der Waals surface area contributed by atoms with Crippen LogP contribution in [0.3, 0.4) is 0 Å². The van der Waals surface area contributed by atoms with Crippen molar-refractivity contribution in [3.8, 4) is 5.75 Å². The van der Waals surface area contributed by atoms with Gasteiger partial charge in [-0.15, -0.1) is 0 Å². The molecule has 3 unspecified atom stereocenters. The molecule has 0 aromatic heterocycles. The Morgan fingerprint density at radius 3 is 2.71 bits per heavy atom. The van der Waals surface area contributed by atoms with E-state index in [4.69, 9.17) is 9.47 Å². The van der Waals surface area contributed by atoms with Crippen LogP contribution in [0.2, 0.25) is 0 Å². The van der Waals surface area contributed by atoms with Gasteiger partial charge < -0.3 is 14.8 Å². The van der Waals surface area contributed by atoms with Gasteiger partial charge in [-0.2, -0.15) is 0 Å². The number of likely N-dealkylation sites (N-methyl/N-ethyl adjacent to an activating group) is 1. The maximum Gasteiger partial charge on any atom is 0.124 e. The van der Waals surface area contributed by atoms with Crippen molar-refractivity contribution in [3.63, 3.8) is 0 Å². The van der Waals surface area contributed by atoms with Crippen LogP contribution in [0, 0.1) is 5.92 Å². The highest BCUT2D eigenvalue weighted by Crippen LogP contribution is 2.35. The first-order chi connectivity index (χ1) is 10.3. The van der Waals surface area contributed by atoms with Crippen LogP contribution in [-0.2, 0) is 4.74 Å². The standard InChI is InChI=1S/C18H29NO2/c1-4-14-9-5-7-11-16(14)21-18(13-19-2)15-10-6-8-12-17(15)20-3/h6,8,10,12,14,16,18-19H,4-5,7,9,11,13H2,1-3H3. The number of benzene rings is 1. The Kier molecular flexibility index (Phi) is 6.52. The summed E-state index contributed by atoms with van der Waals surface area (Å²) in [6.45, 7) is 3.09. The van der Waals surface area contributed by atoms with Gasteiger partial charge in [0, 0.05) is 12.1 Å². The van der Waals surface area contributed by atoms with Gasteiger partial charge in [0.25, 0.3) is 0 Å². The van der Waals surface area contributed by atoms with Crippen molar-refractivity contribution in [1.82, 2.24) is 5.32 Å². The second kappa shape index (κ2) is 8.40. The largest absolute Gasteiger partial charge is 0.496 e. The molecule has 2 rings (SSSR count). The molecule has 0 heterocycles. The van der Waals surface area contributed by atoms with Gasteiger partial charge in [0.2, 0.25) is 0 Å². The van der Waals surface area contributed by atoms with E-state index in [1.807, 2.05) is 19.2 Å². The Balaban J connectivity index is 2.14. The fourth-order valence-electron chi connectivity index (χ4n) is 3.38. The Hall–Kier alpha value is -1.06. The molecule has 0 amide bonds. The fraction of sp³-hybridized carbons (Fsp3) is 0.667. The second-order valence-corrected chi connectivity index (χ2v) is 5.92. The zero-order valence-electron chi connectivity index (χ0n) is 13.6. The van der Waals surface area contributed by atoms with Crippen LogP contribution in [0.1, 0.15) is 50.7 Å². The van der Waals surface area contributed by atoms with Gasteiger partial charge in [-0.1, -0.05) is 44.4 Å². The third kappa shape index (κ3) is 4.21. The summed E-state index contributed by atoms with van der Waals surface area (Å²) in [5.74, 6) is 1.62. The number of methoxy groups -OCH3 is 1. The van der Waals surface area contributed by atoms with Crippen LogP contribution in [-0.4, -0.2) is 26.8 Å². The van der Waals surface area contributed by atoms with E-state index < -0.39 is 0 Å². The summed E-state index contributed by atoms with van der Waals surface area (Å²) in [7, 11) is 3.70. The third-order valence-electron chi connectivity index (χ3n) is 4.58. The molecule has 0 spiro atoms. The minimum absolute atomic E-state index is 0.0586. The van der Waals surface area contributed by atoms with E-state index in [1.54, 1.807) is 7.11 Å². The minimum Gasteiger partial charge on any atom is -0.496 e. The number of nitrogens with one attached hydrogen (secondary N) is 1. The Labute approximate surface area is 129 Å². The zero-order chi connectivity index (χ0) is 15.1. The van der Waals surface area contributed by atoms with Gasteiger partial charge in [-0.05, 0) is 31.9 Å². The maximum atomic E-state index is 6.52. The highest BCUT2D eigenvalue weighted by atomic mass is 16.5. The van der Waals surface area contributed by atoms with E-state index in [0.29, 0.717) is 12.0 Å². The molecule has 1 aliphatic carbocycles. The molecule has 1 aliphatic rings. The molecule has 0 radical (unpaired) electrons. The zero-order valence-corrected chi connectivity index (χ0v) is 13.6. The fourth-order valence-corrected chi connectivity index (χ4v) is 3.38. The van der Waals surface area contributed by atoms with E-state index in [1.165, 1.54) is 32.1 Å². The number of ether oxygens (including phenoxy) is 2. The van der Waals surface area contributed by atoms with Gasteiger partial charge in [0.05, 0.1) is 19.3 Å². The molecule has 3 heteroatoms. The summed E-state index contributed by atoms with van der Waals surface area (Å²) >= 11 is 0. The third-order valence-corrected chi connectivity index (χ3v) is 4.58. The first-order valence-electron chi connectivity index (χ1n) is 8.23. The molecular formula is C18H29NO2. The van der Waals surface area contributed by atoms with E-state index in [0.717, 1.165) is 17.9 Å². The van der Waals surface area contributed by atoms with Crippen molar-refractivity contribution in [2.45, 2.75) is 51.2 Å². The first-order valence-corrected chi connectivity index (χ1v) is 8.23. The average Bonchev–Trinajstić information content (AvgIpc) is 2.55. The monoisotopic (exact) mass is 291 g/mol. The second-order valence-electron chi connectivity index (χ2n) is 5.92. The predicted molar refractivity (Wildman–Crippen MR) is 86.8 cm³/mol. The maximum absolute atomic E-state index is 6.52. The molecule has 3 atom stereocenters. The molecule has 1 saturated carbocycles. The molecule has 0 aliphatic heterocycles. The first kappa shape index (κ1) is 16.3. The lowest BCUT2D eigenvalue weighted by molar-refractivity contribution is -0.0616. The van der Waals surface area contributed by atoms with Crippen LogP contribution in [0.15, 0.2) is 24.3 Å². The van der Waals surface area contributed by atoms with Gasteiger partial charge >= 0.3 is 0 Å². The van der Waals surface area contributed by atoms with Crippen molar-refractivity contribution in [3.05, 3.63) is 29.8 Å². The molecule has 1 aromatic rings. The molecular weight excluding hydrogens is 262 g/mol. The van der Waals surface area contributed by atoms with Crippen molar-refractivity contribution in [2.24, 2.45) is 5.92 Å². The summed E-state index contributed by atoms with van der Waals surface area (Å²) in [5, 5.41) is 3.26. The predicted octanol–water partition coefficient (Wildman–Crippen LogP) is 3.94. The van der Waals surface area contributed by atoms with Gasteiger partial charge in [-0.25, -0.2) is 0 Å². The molecule has 1 N–H and O–H groups in total. The average molecular weight is 291 g/mol. The summed E-state index contributed by atoms with van der Waals surface area (Å²) in [6.07, 6.45) is 6.79. The van der Waals surface area contributed by atoms with Crippen LogP contribution in [0.25, 0.3) is 0 Å². The summed E-state index contributed by atoms with van der Waals surface area (Å²) in [4.78, 5) is 0. The molecule has 118 valence electrons. The smallest absolute Gasteiger partial charge is 0.124 e. The van der Waals surface area contributed by atoms with E-state index in [9.17, 15) is 0 Å². The summed E-state index contributed by atoms with van der Waals surface area (Å²) in [6, 6.07) is 8.19. The highest BCUT2D eigenvalue weighted by Gasteiger charge is 2.28. The van der Waals surface area contributed by atoms with Gasteiger partial charge in [0.15, 0.2) is 0 Å². The van der Waals surface area contributed by atoms with Crippen LogP contribution < -0.4 is 10.1 Å². The Morgan fingerprint density at radius 1 is 1.24 bits per heavy atom. The van der Waals surface area contributed by atoms with Crippen LogP contribution in [0.4, 0.5) is 0 Å². The molecule has 21 heavy (non-hydrogen) atoms. The number of para-hydroxylation sites is 1. The SMILES string of the molecule is CCC1CCCCC1OC(CNC)c1ccccc1OC. The van der Waals surface area contributed by atoms with Gasteiger partial charge in [-0.3, -0.25) is 0 Å². The van der Waals surface area contributed by atoms with Crippen LogP contribution in [0.5, 0.6) is 5.75 Å². The lowest BCUT2D eigenvalue weighted by Crippen LogP contribution is -2.32. The number of hydrogen-bond acceptors (Lipinski definition) is 3. The number of rotatable bonds is 7. The lowest BCUT2D eigenvalue weighted by Gasteiger charge is -2.34. The Morgan fingerprint density at radius 2 is 2.00 bits per heavy atom. The van der Waals surface area contributed by atoms with E-state index >= 15 is 0 Å². The normalized spacial score (nSPS) is 23.8. The van der Waals surface area contributed by atoms with Crippen molar-refractivity contribution in [2.75, 3.05) is 20.7 Å². The molecule has 3 nitrogen and oxygen atoms in total. The van der Waals surface area contributed by atoms with E-state index in [-0.39, 0.29) is 6.10 Å². The number of hydrogen-bond donors (Lipinski definition) is 1.